The summed E-state index contributed by atoms with van der Waals surface area (Å²) >= 11 is 0. The summed E-state index contributed by atoms with van der Waals surface area (Å²) in [5, 5.41) is 11.0. The van der Waals surface area contributed by atoms with E-state index < -0.39 is 0 Å². The van der Waals surface area contributed by atoms with Crippen LogP contribution in [0.5, 0.6) is 0 Å². The average molecular weight is 322 g/mol. The predicted molar refractivity (Wildman–Crippen MR) is 92.4 cm³/mol. The Morgan fingerprint density at radius 1 is 1.35 bits per heavy atom. The lowest BCUT2D eigenvalue weighted by Crippen LogP contribution is -2.52. The summed E-state index contributed by atoms with van der Waals surface area (Å²) in [5.74, 6) is 1.40. The Morgan fingerprint density at radius 2 is 2.09 bits per heavy atom. The van der Waals surface area contributed by atoms with Crippen molar-refractivity contribution >= 4 is 5.96 Å². The second-order valence-corrected chi connectivity index (χ2v) is 6.21. The number of rotatable bonds is 6. The van der Waals surface area contributed by atoms with Gasteiger partial charge in [0.25, 0.3) is 0 Å². The lowest BCUT2D eigenvalue weighted by molar-refractivity contribution is 0.00752. The number of morpholine rings is 1. The summed E-state index contributed by atoms with van der Waals surface area (Å²) in [4.78, 5) is 6.82. The van der Waals surface area contributed by atoms with Gasteiger partial charge in [-0.15, -0.1) is 0 Å². The van der Waals surface area contributed by atoms with Crippen LogP contribution < -0.4 is 10.6 Å². The molecule has 1 unspecified atom stereocenters. The minimum Gasteiger partial charge on any atom is -0.379 e. The van der Waals surface area contributed by atoms with Crippen LogP contribution >= 0.6 is 0 Å². The molecule has 1 aromatic rings. The second kappa shape index (κ2) is 8.88. The van der Waals surface area contributed by atoms with E-state index in [1.54, 1.807) is 13.2 Å². The summed E-state index contributed by atoms with van der Waals surface area (Å²) in [5.41, 5.74) is 1.13. The molecular weight excluding hydrogens is 292 g/mol. The van der Waals surface area contributed by atoms with E-state index in [1.165, 1.54) is 0 Å². The van der Waals surface area contributed by atoms with Crippen LogP contribution in [0.3, 0.4) is 0 Å². The molecular formula is C16H30N6O. The molecule has 0 aromatic carbocycles. The number of hydrogen-bond donors (Lipinski definition) is 2. The van der Waals surface area contributed by atoms with E-state index in [0.29, 0.717) is 18.5 Å². The van der Waals surface area contributed by atoms with Gasteiger partial charge in [0.1, 0.15) is 0 Å². The maximum Gasteiger partial charge on any atom is 0.191 e. The van der Waals surface area contributed by atoms with Crippen molar-refractivity contribution in [1.82, 2.24) is 25.3 Å². The summed E-state index contributed by atoms with van der Waals surface area (Å²) in [6, 6.07) is 2.49. The average Bonchev–Trinajstić information content (AvgIpc) is 2.96. The van der Waals surface area contributed by atoms with Gasteiger partial charge in [0.2, 0.25) is 0 Å². The van der Waals surface area contributed by atoms with Gasteiger partial charge in [-0.05, 0) is 12.0 Å². The lowest BCUT2D eigenvalue weighted by atomic mass is 10.0. The molecule has 1 aliphatic heterocycles. The highest BCUT2D eigenvalue weighted by Crippen LogP contribution is 2.12. The minimum absolute atomic E-state index is 0.481. The molecule has 1 aromatic heterocycles. The zero-order chi connectivity index (χ0) is 16.7. The van der Waals surface area contributed by atoms with E-state index in [-0.39, 0.29) is 0 Å². The zero-order valence-electron chi connectivity index (χ0n) is 14.7. The standard InChI is InChI=1S/C16H30N6O/c1-13(2)15(22-7-9-23-10-8-22)12-19-16(17-3)18-11-14-5-6-20-21(14)4/h5-6,13,15H,7-12H2,1-4H3,(H2,17,18,19). The number of guanidine groups is 1. The number of nitrogens with zero attached hydrogens (tertiary/aromatic N) is 4. The number of ether oxygens (including phenoxy) is 1. The van der Waals surface area contributed by atoms with Gasteiger partial charge in [-0.3, -0.25) is 14.6 Å². The summed E-state index contributed by atoms with van der Waals surface area (Å²) in [7, 11) is 3.75. The van der Waals surface area contributed by atoms with Crippen molar-refractivity contribution in [3.8, 4) is 0 Å². The first-order valence-corrected chi connectivity index (χ1v) is 8.35. The van der Waals surface area contributed by atoms with E-state index in [2.05, 4.69) is 39.5 Å². The number of aryl methyl sites for hydroxylation is 1. The van der Waals surface area contributed by atoms with Gasteiger partial charge in [0.15, 0.2) is 5.96 Å². The first kappa shape index (κ1) is 17.7. The molecule has 0 saturated carbocycles. The smallest absolute Gasteiger partial charge is 0.191 e. The molecule has 7 heteroatoms. The fourth-order valence-corrected chi connectivity index (χ4v) is 2.87. The van der Waals surface area contributed by atoms with Crippen LogP contribution in [0.25, 0.3) is 0 Å². The van der Waals surface area contributed by atoms with Crippen molar-refractivity contribution in [3.05, 3.63) is 18.0 Å². The Balaban J connectivity index is 1.83. The van der Waals surface area contributed by atoms with Crippen molar-refractivity contribution in [3.63, 3.8) is 0 Å². The minimum atomic E-state index is 0.481. The molecule has 0 amide bonds. The maximum atomic E-state index is 5.46. The van der Waals surface area contributed by atoms with Gasteiger partial charge < -0.3 is 15.4 Å². The number of aliphatic imine (C=N–C) groups is 1. The van der Waals surface area contributed by atoms with Crippen LogP contribution in [-0.2, 0) is 18.3 Å². The number of aromatic nitrogens is 2. The van der Waals surface area contributed by atoms with Gasteiger partial charge in [0.05, 0.1) is 25.5 Å². The molecule has 23 heavy (non-hydrogen) atoms. The molecule has 1 atom stereocenters. The molecule has 2 heterocycles. The zero-order valence-corrected chi connectivity index (χ0v) is 14.7. The van der Waals surface area contributed by atoms with Crippen LogP contribution in [0.1, 0.15) is 19.5 Å². The van der Waals surface area contributed by atoms with Crippen molar-refractivity contribution in [1.29, 1.82) is 0 Å². The van der Waals surface area contributed by atoms with Crippen molar-refractivity contribution in [2.24, 2.45) is 18.0 Å². The summed E-state index contributed by atoms with van der Waals surface area (Å²) in [6.07, 6.45) is 1.81. The Morgan fingerprint density at radius 3 is 2.65 bits per heavy atom. The highest BCUT2D eigenvalue weighted by atomic mass is 16.5. The molecule has 1 saturated heterocycles. The first-order valence-electron chi connectivity index (χ1n) is 8.35. The molecule has 1 aliphatic rings. The molecule has 2 N–H and O–H groups in total. The monoisotopic (exact) mass is 322 g/mol. The first-order chi connectivity index (χ1) is 11.1. The van der Waals surface area contributed by atoms with Crippen LogP contribution in [0, 0.1) is 5.92 Å². The van der Waals surface area contributed by atoms with E-state index >= 15 is 0 Å². The van der Waals surface area contributed by atoms with E-state index in [0.717, 1.165) is 44.5 Å². The van der Waals surface area contributed by atoms with Crippen molar-refractivity contribution in [2.45, 2.75) is 26.4 Å². The van der Waals surface area contributed by atoms with Crippen LogP contribution in [0.4, 0.5) is 0 Å². The fourth-order valence-electron chi connectivity index (χ4n) is 2.87. The maximum absolute atomic E-state index is 5.46. The van der Waals surface area contributed by atoms with Crippen molar-refractivity contribution < 1.29 is 4.74 Å². The fraction of sp³-hybridized carbons (Fsp3) is 0.750. The molecule has 7 nitrogen and oxygen atoms in total. The molecule has 130 valence electrons. The third kappa shape index (κ3) is 5.21. The third-order valence-electron chi connectivity index (χ3n) is 4.35. The van der Waals surface area contributed by atoms with Crippen molar-refractivity contribution in [2.75, 3.05) is 39.9 Å². The van der Waals surface area contributed by atoms with Gasteiger partial charge in [-0.25, -0.2) is 0 Å². The van der Waals surface area contributed by atoms with E-state index in [9.17, 15) is 0 Å². The van der Waals surface area contributed by atoms with Gasteiger partial charge in [-0.2, -0.15) is 5.10 Å². The largest absolute Gasteiger partial charge is 0.379 e. The Kier molecular flexibility index (Phi) is 6.85. The molecule has 0 spiro atoms. The summed E-state index contributed by atoms with van der Waals surface area (Å²) < 4.78 is 7.33. The van der Waals surface area contributed by atoms with Gasteiger partial charge >= 0.3 is 0 Å². The molecule has 2 rings (SSSR count). The van der Waals surface area contributed by atoms with E-state index in [1.807, 2.05) is 17.8 Å². The van der Waals surface area contributed by atoms with Gasteiger partial charge in [0, 0.05) is 46.0 Å². The highest BCUT2D eigenvalue weighted by Gasteiger charge is 2.23. The second-order valence-electron chi connectivity index (χ2n) is 6.21. The van der Waals surface area contributed by atoms with Gasteiger partial charge in [-0.1, -0.05) is 13.8 Å². The Bertz CT molecular complexity index is 493. The topological polar surface area (TPSA) is 66.7 Å². The summed E-state index contributed by atoms with van der Waals surface area (Å²) in [6.45, 7) is 9.80. The number of nitrogens with one attached hydrogen (secondary N) is 2. The lowest BCUT2D eigenvalue weighted by Gasteiger charge is -2.37. The predicted octanol–water partition coefficient (Wildman–Crippen LogP) is 0.442. The SMILES string of the molecule is CN=C(NCc1ccnn1C)NCC(C(C)C)N1CCOCC1. The molecule has 0 radical (unpaired) electrons. The third-order valence-corrected chi connectivity index (χ3v) is 4.35. The normalized spacial score (nSPS) is 18.2. The van der Waals surface area contributed by atoms with Crippen LogP contribution in [0.2, 0.25) is 0 Å². The Hall–Kier alpha value is -1.60. The quantitative estimate of drug-likeness (QED) is 0.588. The molecule has 0 aliphatic carbocycles. The Labute approximate surface area is 139 Å². The number of hydrogen-bond acceptors (Lipinski definition) is 4. The molecule has 1 fully saturated rings. The van der Waals surface area contributed by atoms with Crippen LogP contribution in [0.15, 0.2) is 17.3 Å². The van der Waals surface area contributed by atoms with Crippen LogP contribution in [-0.4, -0.2) is 66.6 Å². The van der Waals surface area contributed by atoms with E-state index in [4.69, 9.17) is 4.74 Å². The highest BCUT2D eigenvalue weighted by molar-refractivity contribution is 5.79. The molecule has 0 bridgehead atoms.